The van der Waals surface area contributed by atoms with Crippen LogP contribution in [0.1, 0.15) is 32.1 Å². The van der Waals surface area contributed by atoms with Crippen LogP contribution in [0.15, 0.2) is 0 Å². The molecular formula is C11H20BrNO4S2. The van der Waals surface area contributed by atoms with E-state index < -0.39 is 25.1 Å². The zero-order valence-electron chi connectivity index (χ0n) is 10.8. The molecule has 0 bridgehead atoms. The molecule has 19 heavy (non-hydrogen) atoms. The van der Waals surface area contributed by atoms with Crippen molar-refractivity contribution in [3.8, 4) is 0 Å². The summed E-state index contributed by atoms with van der Waals surface area (Å²) < 4.78 is 49.7. The van der Waals surface area contributed by atoms with E-state index >= 15 is 0 Å². The van der Waals surface area contributed by atoms with Gasteiger partial charge in [0.1, 0.15) is 9.84 Å². The van der Waals surface area contributed by atoms with Crippen molar-refractivity contribution in [2.45, 2.75) is 43.4 Å². The Bertz CT molecular complexity index is 503. The van der Waals surface area contributed by atoms with Crippen LogP contribution in [0, 0.1) is 0 Å². The van der Waals surface area contributed by atoms with Crippen LogP contribution in [-0.4, -0.2) is 55.8 Å². The summed E-state index contributed by atoms with van der Waals surface area (Å²) in [4.78, 5) is 0. The molecule has 2 fully saturated rings. The third-order valence-corrected chi connectivity index (χ3v) is 8.91. The number of rotatable bonds is 3. The van der Waals surface area contributed by atoms with Crippen LogP contribution in [0.5, 0.6) is 0 Å². The molecule has 0 spiro atoms. The van der Waals surface area contributed by atoms with Gasteiger partial charge in [0.05, 0.1) is 16.8 Å². The fourth-order valence-electron chi connectivity index (χ4n) is 2.82. The molecule has 1 atom stereocenters. The molecule has 0 radical (unpaired) electrons. The number of hydrogen-bond acceptors (Lipinski definition) is 4. The monoisotopic (exact) mass is 373 g/mol. The summed E-state index contributed by atoms with van der Waals surface area (Å²) >= 11 is 3.38. The molecule has 0 saturated carbocycles. The molecule has 2 rings (SSSR count). The largest absolute Gasteiger partial charge is 0.229 e. The Hall–Kier alpha value is 0.340. The predicted octanol–water partition coefficient (Wildman–Crippen LogP) is 1.14. The maximum Gasteiger partial charge on any atom is 0.217 e. The van der Waals surface area contributed by atoms with E-state index in [0.717, 1.165) is 19.3 Å². The second-order valence-electron chi connectivity index (χ2n) is 5.31. The van der Waals surface area contributed by atoms with E-state index in [4.69, 9.17) is 0 Å². The fourth-order valence-corrected chi connectivity index (χ4v) is 7.67. The summed E-state index contributed by atoms with van der Waals surface area (Å²) in [5.41, 5.74) is 0. The van der Waals surface area contributed by atoms with Crippen molar-refractivity contribution >= 4 is 35.8 Å². The standard InChI is InChI=1S/C11H20BrNO4S2/c12-9-10-3-1-2-6-13(10)19(16,17)11-4-7-18(14,15)8-5-11/h10-11H,1-9H2. The van der Waals surface area contributed by atoms with Gasteiger partial charge in [-0.05, 0) is 25.7 Å². The molecule has 8 heteroatoms. The Labute approximate surface area is 123 Å². The zero-order chi connectivity index (χ0) is 14.1. The van der Waals surface area contributed by atoms with E-state index in [1.54, 1.807) is 4.31 Å². The van der Waals surface area contributed by atoms with Crippen molar-refractivity contribution < 1.29 is 16.8 Å². The minimum absolute atomic E-state index is 0.00369. The Balaban J connectivity index is 2.13. The van der Waals surface area contributed by atoms with Crippen molar-refractivity contribution in [2.24, 2.45) is 0 Å². The Morgan fingerprint density at radius 3 is 2.32 bits per heavy atom. The molecule has 0 aromatic rings. The molecule has 0 amide bonds. The maximum atomic E-state index is 12.6. The molecule has 0 N–H and O–H groups in total. The van der Waals surface area contributed by atoms with Crippen LogP contribution in [-0.2, 0) is 19.9 Å². The highest BCUT2D eigenvalue weighted by Gasteiger charge is 2.40. The summed E-state index contributed by atoms with van der Waals surface area (Å²) in [6.07, 6.45) is 3.33. The predicted molar refractivity (Wildman–Crippen MR) is 78.7 cm³/mol. The maximum absolute atomic E-state index is 12.6. The topological polar surface area (TPSA) is 71.5 Å². The van der Waals surface area contributed by atoms with E-state index in [1.165, 1.54) is 0 Å². The first-order chi connectivity index (χ1) is 8.87. The average Bonchev–Trinajstić information content (AvgIpc) is 2.38. The normalized spacial score (nSPS) is 30.3. The number of sulfonamides is 1. The van der Waals surface area contributed by atoms with Crippen molar-refractivity contribution in [3.05, 3.63) is 0 Å². The van der Waals surface area contributed by atoms with E-state index in [1.807, 2.05) is 0 Å². The highest BCUT2D eigenvalue weighted by molar-refractivity contribution is 9.09. The molecule has 0 aromatic carbocycles. The summed E-state index contributed by atoms with van der Waals surface area (Å²) in [6.45, 7) is 0.571. The smallest absolute Gasteiger partial charge is 0.217 e. The molecule has 0 aromatic heterocycles. The number of hydrogen-bond donors (Lipinski definition) is 0. The third-order valence-electron chi connectivity index (χ3n) is 4.00. The zero-order valence-corrected chi connectivity index (χ0v) is 14.0. The lowest BCUT2D eigenvalue weighted by molar-refractivity contribution is 0.269. The van der Waals surface area contributed by atoms with Gasteiger partial charge in [0.15, 0.2) is 0 Å². The molecule has 112 valence electrons. The second kappa shape index (κ2) is 5.99. The van der Waals surface area contributed by atoms with E-state index in [9.17, 15) is 16.8 Å². The van der Waals surface area contributed by atoms with Crippen LogP contribution in [0.25, 0.3) is 0 Å². The fraction of sp³-hybridized carbons (Fsp3) is 1.00. The molecule has 2 aliphatic heterocycles. The summed E-state index contributed by atoms with van der Waals surface area (Å²) in [5, 5.41) is 0.132. The lowest BCUT2D eigenvalue weighted by Gasteiger charge is -2.37. The van der Waals surface area contributed by atoms with E-state index in [2.05, 4.69) is 15.9 Å². The van der Waals surface area contributed by atoms with Crippen molar-refractivity contribution in [1.29, 1.82) is 0 Å². The first-order valence-electron chi connectivity index (χ1n) is 6.64. The second-order valence-corrected chi connectivity index (χ2v) is 10.4. The van der Waals surface area contributed by atoms with Gasteiger partial charge in [-0.3, -0.25) is 0 Å². The van der Waals surface area contributed by atoms with Crippen molar-refractivity contribution in [3.63, 3.8) is 0 Å². The molecule has 2 saturated heterocycles. The van der Waals surface area contributed by atoms with Crippen molar-refractivity contribution in [1.82, 2.24) is 4.31 Å². The van der Waals surface area contributed by atoms with Crippen LogP contribution in [0.4, 0.5) is 0 Å². The van der Waals surface area contributed by atoms with Crippen LogP contribution < -0.4 is 0 Å². The van der Waals surface area contributed by atoms with Gasteiger partial charge in [-0.2, -0.15) is 4.31 Å². The van der Waals surface area contributed by atoms with E-state index in [0.29, 0.717) is 11.9 Å². The highest BCUT2D eigenvalue weighted by Crippen LogP contribution is 2.28. The number of halogens is 1. The number of alkyl halides is 1. The number of nitrogens with zero attached hydrogens (tertiary/aromatic N) is 1. The minimum atomic E-state index is -3.36. The van der Waals surface area contributed by atoms with Crippen molar-refractivity contribution in [2.75, 3.05) is 23.4 Å². The van der Waals surface area contributed by atoms with Gasteiger partial charge in [0.2, 0.25) is 10.0 Å². The lowest BCUT2D eigenvalue weighted by Crippen LogP contribution is -2.50. The average molecular weight is 374 g/mol. The number of sulfone groups is 1. The number of piperidine rings is 1. The molecule has 2 aliphatic rings. The first kappa shape index (κ1) is 15.7. The Kier molecular flexibility index (Phi) is 4.96. The van der Waals surface area contributed by atoms with Crippen LogP contribution in [0.2, 0.25) is 0 Å². The SMILES string of the molecule is O=S1(=O)CCC(S(=O)(=O)N2CCCCC2CBr)CC1. The minimum Gasteiger partial charge on any atom is -0.229 e. The Morgan fingerprint density at radius 2 is 1.74 bits per heavy atom. The van der Waals surface area contributed by atoms with Crippen LogP contribution in [0.3, 0.4) is 0 Å². The third kappa shape index (κ3) is 3.51. The molecule has 2 heterocycles. The summed E-state index contributed by atoms with van der Waals surface area (Å²) in [6, 6.07) is 0.0253. The van der Waals surface area contributed by atoms with Gasteiger partial charge in [0.25, 0.3) is 0 Å². The van der Waals surface area contributed by atoms with Gasteiger partial charge in [-0.15, -0.1) is 0 Å². The summed E-state index contributed by atoms with van der Waals surface area (Å²) in [7, 11) is -6.38. The van der Waals surface area contributed by atoms with Gasteiger partial charge in [-0.1, -0.05) is 22.4 Å². The van der Waals surface area contributed by atoms with Gasteiger partial charge >= 0.3 is 0 Å². The first-order valence-corrected chi connectivity index (χ1v) is 11.1. The van der Waals surface area contributed by atoms with E-state index in [-0.39, 0.29) is 30.4 Å². The lowest BCUT2D eigenvalue weighted by atomic mass is 10.1. The van der Waals surface area contributed by atoms with Crippen LogP contribution >= 0.6 is 15.9 Å². The highest BCUT2D eigenvalue weighted by atomic mass is 79.9. The molecule has 1 unspecified atom stereocenters. The van der Waals surface area contributed by atoms with Gasteiger partial charge < -0.3 is 0 Å². The Morgan fingerprint density at radius 1 is 1.11 bits per heavy atom. The van der Waals surface area contributed by atoms with Gasteiger partial charge in [0, 0.05) is 17.9 Å². The van der Waals surface area contributed by atoms with Gasteiger partial charge in [-0.25, -0.2) is 16.8 Å². The quantitative estimate of drug-likeness (QED) is 0.695. The summed E-state index contributed by atoms with van der Waals surface area (Å²) in [5.74, 6) is 0.00737. The molecular weight excluding hydrogens is 354 g/mol. The molecule has 0 aliphatic carbocycles. The molecule has 5 nitrogen and oxygen atoms in total.